The molecule has 0 aromatic heterocycles. The van der Waals surface area contributed by atoms with E-state index in [1.807, 2.05) is 0 Å². The van der Waals surface area contributed by atoms with Gasteiger partial charge in [-0.3, -0.25) is 0 Å². The summed E-state index contributed by atoms with van der Waals surface area (Å²) >= 11 is 0. The third kappa shape index (κ3) is 3.33. The van der Waals surface area contributed by atoms with Crippen LogP contribution in [0.1, 0.15) is 22.8 Å². The molecule has 112 valence electrons. The number of alkyl halides is 3. The molecule has 0 aliphatic rings. The Morgan fingerprint density at radius 2 is 1.57 bits per heavy atom. The van der Waals surface area contributed by atoms with E-state index in [4.69, 9.17) is 4.74 Å². The summed E-state index contributed by atoms with van der Waals surface area (Å²) in [6.45, 7) is 0. The summed E-state index contributed by atoms with van der Waals surface area (Å²) in [7, 11) is 1.31. The fourth-order valence-corrected chi connectivity index (χ4v) is 1.90. The van der Waals surface area contributed by atoms with Gasteiger partial charge in [-0.05, 0) is 35.4 Å². The molecule has 2 aromatic rings. The first-order valence-corrected chi connectivity index (χ1v) is 6.01. The van der Waals surface area contributed by atoms with E-state index in [0.717, 1.165) is 30.3 Å². The van der Waals surface area contributed by atoms with Crippen LogP contribution < -0.4 is 4.74 Å². The number of aliphatic hydroxyl groups is 1. The van der Waals surface area contributed by atoms with E-state index in [-0.39, 0.29) is 16.9 Å². The number of methoxy groups -OCH3 is 1. The quantitative estimate of drug-likeness (QED) is 0.870. The second kappa shape index (κ2) is 5.73. The number of aliphatic hydroxyl groups excluding tert-OH is 1. The zero-order chi connectivity index (χ0) is 15.6. The second-order valence-electron chi connectivity index (χ2n) is 4.42. The van der Waals surface area contributed by atoms with Crippen LogP contribution in [-0.4, -0.2) is 12.2 Å². The number of ether oxygens (including phenoxy) is 1. The van der Waals surface area contributed by atoms with Crippen molar-refractivity contribution in [3.05, 3.63) is 65.0 Å². The minimum absolute atomic E-state index is 0.0263. The summed E-state index contributed by atoms with van der Waals surface area (Å²) in [6.07, 6.45) is -5.65. The van der Waals surface area contributed by atoms with Crippen LogP contribution in [0, 0.1) is 5.82 Å². The first kappa shape index (κ1) is 15.3. The molecular weight excluding hydrogens is 288 g/mol. The third-order valence-corrected chi connectivity index (χ3v) is 3.05. The van der Waals surface area contributed by atoms with Gasteiger partial charge in [-0.1, -0.05) is 18.2 Å². The standard InChI is InChI=1S/C15H12F4O2/c1-21-13-7-4-10(8-12(13)16)14(20)9-2-5-11(6-3-9)15(17,18)19/h2-8,14,20H,1H3. The van der Waals surface area contributed by atoms with Gasteiger partial charge in [0.1, 0.15) is 6.10 Å². The molecule has 0 aliphatic heterocycles. The predicted molar refractivity (Wildman–Crippen MR) is 68.5 cm³/mol. The molecule has 0 heterocycles. The van der Waals surface area contributed by atoms with E-state index in [9.17, 15) is 22.7 Å². The van der Waals surface area contributed by atoms with E-state index in [1.54, 1.807) is 0 Å². The van der Waals surface area contributed by atoms with Crippen molar-refractivity contribution in [3.8, 4) is 5.75 Å². The van der Waals surface area contributed by atoms with Crippen LogP contribution in [0.4, 0.5) is 17.6 Å². The molecule has 1 atom stereocenters. The van der Waals surface area contributed by atoms with Crippen molar-refractivity contribution in [2.24, 2.45) is 0 Å². The van der Waals surface area contributed by atoms with Crippen LogP contribution >= 0.6 is 0 Å². The molecule has 6 heteroatoms. The van der Waals surface area contributed by atoms with Crippen LogP contribution in [0.3, 0.4) is 0 Å². The molecule has 1 unspecified atom stereocenters. The summed E-state index contributed by atoms with van der Waals surface area (Å²) in [6, 6.07) is 7.95. The monoisotopic (exact) mass is 300 g/mol. The molecule has 2 aromatic carbocycles. The van der Waals surface area contributed by atoms with Gasteiger partial charge in [0.2, 0.25) is 0 Å². The van der Waals surface area contributed by atoms with Gasteiger partial charge in [0.05, 0.1) is 12.7 Å². The Balaban J connectivity index is 2.27. The summed E-state index contributed by atoms with van der Waals surface area (Å²) < 4.78 is 55.7. The lowest BCUT2D eigenvalue weighted by Crippen LogP contribution is -2.06. The Bertz CT molecular complexity index is 621. The van der Waals surface area contributed by atoms with Gasteiger partial charge < -0.3 is 9.84 Å². The van der Waals surface area contributed by atoms with Gasteiger partial charge in [0, 0.05) is 0 Å². The largest absolute Gasteiger partial charge is 0.494 e. The maximum atomic E-state index is 13.6. The molecular formula is C15H12F4O2. The van der Waals surface area contributed by atoms with Crippen molar-refractivity contribution in [2.45, 2.75) is 12.3 Å². The molecule has 2 rings (SSSR count). The smallest absolute Gasteiger partial charge is 0.416 e. The zero-order valence-corrected chi connectivity index (χ0v) is 11.0. The van der Waals surface area contributed by atoms with Gasteiger partial charge in [-0.15, -0.1) is 0 Å². The number of benzene rings is 2. The zero-order valence-electron chi connectivity index (χ0n) is 11.0. The SMILES string of the molecule is COc1ccc(C(O)c2ccc(C(F)(F)F)cc2)cc1F. The van der Waals surface area contributed by atoms with Crippen molar-refractivity contribution in [1.82, 2.24) is 0 Å². The van der Waals surface area contributed by atoms with Gasteiger partial charge in [-0.25, -0.2) is 4.39 Å². The molecule has 21 heavy (non-hydrogen) atoms. The second-order valence-corrected chi connectivity index (χ2v) is 4.42. The topological polar surface area (TPSA) is 29.5 Å². The van der Waals surface area contributed by atoms with Crippen molar-refractivity contribution in [1.29, 1.82) is 0 Å². The van der Waals surface area contributed by atoms with Crippen LogP contribution in [-0.2, 0) is 6.18 Å². The van der Waals surface area contributed by atoms with E-state index in [0.29, 0.717) is 0 Å². The lowest BCUT2D eigenvalue weighted by Gasteiger charge is -2.14. The summed E-state index contributed by atoms with van der Waals surface area (Å²) in [5.41, 5.74) is -0.333. The average molecular weight is 300 g/mol. The van der Waals surface area contributed by atoms with Crippen LogP contribution in [0.15, 0.2) is 42.5 Å². The van der Waals surface area contributed by atoms with Crippen LogP contribution in [0.5, 0.6) is 5.75 Å². The van der Waals surface area contributed by atoms with Gasteiger partial charge in [0.15, 0.2) is 11.6 Å². The Kier molecular flexibility index (Phi) is 4.18. The van der Waals surface area contributed by atoms with E-state index >= 15 is 0 Å². The fraction of sp³-hybridized carbons (Fsp3) is 0.200. The highest BCUT2D eigenvalue weighted by Gasteiger charge is 2.30. The van der Waals surface area contributed by atoms with Gasteiger partial charge in [-0.2, -0.15) is 13.2 Å². The average Bonchev–Trinajstić information content (AvgIpc) is 2.45. The van der Waals surface area contributed by atoms with Gasteiger partial charge in [0.25, 0.3) is 0 Å². The Morgan fingerprint density at radius 1 is 1.00 bits per heavy atom. The molecule has 1 N–H and O–H groups in total. The first-order valence-electron chi connectivity index (χ1n) is 6.01. The maximum Gasteiger partial charge on any atom is 0.416 e. The van der Waals surface area contributed by atoms with Crippen LogP contribution in [0.25, 0.3) is 0 Å². The molecule has 0 bridgehead atoms. The van der Waals surface area contributed by atoms with Crippen molar-refractivity contribution >= 4 is 0 Å². The van der Waals surface area contributed by atoms with Crippen LogP contribution in [0.2, 0.25) is 0 Å². The van der Waals surface area contributed by atoms with E-state index < -0.39 is 23.7 Å². The first-order chi connectivity index (χ1) is 9.82. The number of hydrogen-bond donors (Lipinski definition) is 1. The summed E-state index contributed by atoms with van der Waals surface area (Å²) in [4.78, 5) is 0. The maximum absolute atomic E-state index is 13.6. The highest BCUT2D eigenvalue weighted by atomic mass is 19.4. The highest BCUT2D eigenvalue weighted by Crippen LogP contribution is 2.31. The minimum Gasteiger partial charge on any atom is -0.494 e. The fourth-order valence-electron chi connectivity index (χ4n) is 1.90. The normalized spacial score (nSPS) is 13.0. The molecule has 0 saturated heterocycles. The predicted octanol–water partition coefficient (Wildman–Crippen LogP) is 3.93. The molecule has 2 nitrogen and oxygen atoms in total. The minimum atomic E-state index is -4.43. The number of hydrogen-bond acceptors (Lipinski definition) is 2. The Hall–Kier alpha value is -2.08. The van der Waals surface area contributed by atoms with Crippen molar-refractivity contribution in [2.75, 3.05) is 7.11 Å². The molecule has 0 spiro atoms. The lowest BCUT2D eigenvalue weighted by atomic mass is 10.00. The highest BCUT2D eigenvalue weighted by molar-refractivity contribution is 5.36. The van der Waals surface area contributed by atoms with E-state index in [1.165, 1.54) is 19.2 Å². The summed E-state index contributed by atoms with van der Waals surface area (Å²) in [5.74, 6) is -0.626. The number of halogens is 4. The van der Waals surface area contributed by atoms with E-state index in [2.05, 4.69) is 0 Å². The summed E-state index contributed by atoms with van der Waals surface area (Å²) in [5, 5.41) is 10.1. The molecule has 0 amide bonds. The molecule has 0 aliphatic carbocycles. The number of rotatable bonds is 3. The van der Waals surface area contributed by atoms with Crippen molar-refractivity contribution < 1.29 is 27.4 Å². The Labute approximate surface area is 118 Å². The van der Waals surface area contributed by atoms with Crippen molar-refractivity contribution in [3.63, 3.8) is 0 Å². The van der Waals surface area contributed by atoms with Gasteiger partial charge >= 0.3 is 6.18 Å². The molecule has 0 saturated carbocycles. The lowest BCUT2D eigenvalue weighted by molar-refractivity contribution is -0.137. The Morgan fingerprint density at radius 3 is 2.05 bits per heavy atom. The third-order valence-electron chi connectivity index (χ3n) is 3.05. The molecule has 0 fully saturated rings. The molecule has 0 radical (unpaired) electrons.